The summed E-state index contributed by atoms with van der Waals surface area (Å²) in [5.41, 5.74) is 1.63. The maximum absolute atomic E-state index is 12.4. The molecule has 1 saturated heterocycles. The topological polar surface area (TPSA) is 91.8 Å². The largest absolute Gasteiger partial charge is 0.478 e. The number of nitrogens with zero attached hydrogens (tertiary/aromatic N) is 2. The van der Waals surface area contributed by atoms with Gasteiger partial charge in [0.2, 0.25) is 0 Å². The first-order chi connectivity index (χ1) is 14.0. The number of carboxylic acids is 1. The van der Waals surface area contributed by atoms with Gasteiger partial charge < -0.3 is 20.1 Å². The molecule has 0 radical (unpaired) electrons. The molecule has 1 aliphatic heterocycles. The maximum atomic E-state index is 12.4. The van der Waals surface area contributed by atoms with Gasteiger partial charge in [-0.2, -0.15) is 0 Å². The highest BCUT2D eigenvalue weighted by molar-refractivity contribution is 6.30. The average Bonchev–Trinajstić information content (AvgIpc) is 2.74. The fourth-order valence-corrected chi connectivity index (χ4v) is 3.35. The van der Waals surface area contributed by atoms with Crippen LogP contribution in [0.15, 0.2) is 48.5 Å². The molecule has 2 aromatic carbocycles. The molecule has 0 aliphatic carbocycles. The van der Waals surface area contributed by atoms with Gasteiger partial charge in [0, 0.05) is 34.7 Å². The van der Waals surface area contributed by atoms with Crippen LogP contribution in [0.4, 0.5) is 11.5 Å². The average molecular weight is 412 g/mol. The van der Waals surface area contributed by atoms with E-state index in [-0.39, 0.29) is 11.5 Å². The van der Waals surface area contributed by atoms with Crippen molar-refractivity contribution in [1.29, 1.82) is 0 Å². The van der Waals surface area contributed by atoms with E-state index in [1.807, 2.05) is 4.90 Å². The number of anilines is 2. The number of carbonyl (C=O) groups excluding carboxylic acids is 1. The number of halogens is 1. The molecule has 8 heteroatoms. The summed E-state index contributed by atoms with van der Waals surface area (Å²) in [5, 5.41) is 13.5. The van der Waals surface area contributed by atoms with Crippen LogP contribution in [0.3, 0.4) is 0 Å². The molecule has 7 nitrogen and oxygen atoms in total. The molecule has 1 aromatic heterocycles. The molecule has 0 unspecified atom stereocenters. The number of pyridine rings is 1. The molecule has 1 fully saturated rings. The quantitative estimate of drug-likeness (QED) is 0.680. The number of ether oxygens (including phenoxy) is 1. The third-order valence-electron chi connectivity index (χ3n) is 4.72. The van der Waals surface area contributed by atoms with Crippen LogP contribution in [0.1, 0.15) is 20.7 Å². The first-order valence-corrected chi connectivity index (χ1v) is 9.47. The number of carboxylic acid groups (broad SMARTS) is 1. The lowest BCUT2D eigenvalue weighted by Gasteiger charge is -2.28. The van der Waals surface area contributed by atoms with Crippen LogP contribution in [0.25, 0.3) is 10.9 Å². The Morgan fingerprint density at radius 3 is 2.48 bits per heavy atom. The van der Waals surface area contributed by atoms with Gasteiger partial charge in [-0.1, -0.05) is 11.6 Å². The standard InChI is InChI=1S/C21H18ClN3O4/c22-14-3-1-13(2-4-14)20(26)23-15-5-6-18-16(11-15)17(21(27)28)12-19(24-18)25-7-9-29-10-8-25/h1-6,11-12H,7-10H2,(H,23,26)(H,27,28). The first kappa shape index (κ1) is 19.2. The van der Waals surface area contributed by atoms with Crippen LogP contribution in [0.2, 0.25) is 5.02 Å². The molecule has 3 aromatic rings. The molecule has 2 heterocycles. The van der Waals surface area contributed by atoms with Crippen molar-refractivity contribution < 1.29 is 19.4 Å². The summed E-state index contributed by atoms with van der Waals surface area (Å²) >= 11 is 5.85. The zero-order chi connectivity index (χ0) is 20.4. The monoisotopic (exact) mass is 411 g/mol. The lowest BCUT2D eigenvalue weighted by Crippen LogP contribution is -2.36. The van der Waals surface area contributed by atoms with Crippen LogP contribution in [-0.2, 0) is 4.74 Å². The van der Waals surface area contributed by atoms with Crippen molar-refractivity contribution >= 4 is 45.9 Å². The Morgan fingerprint density at radius 2 is 1.79 bits per heavy atom. The normalized spacial score (nSPS) is 14.0. The zero-order valence-corrected chi connectivity index (χ0v) is 16.1. The number of nitrogens with one attached hydrogen (secondary N) is 1. The summed E-state index contributed by atoms with van der Waals surface area (Å²) in [6.45, 7) is 2.48. The van der Waals surface area contributed by atoms with Crippen LogP contribution in [0, 0.1) is 0 Å². The summed E-state index contributed by atoms with van der Waals surface area (Å²) in [7, 11) is 0. The Morgan fingerprint density at radius 1 is 1.07 bits per heavy atom. The van der Waals surface area contributed by atoms with Gasteiger partial charge in [0.1, 0.15) is 5.82 Å². The van der Waals surface area contributed by atoms with Gasteiger partial charge >= 0.3 is 5.97 Å². The zero-order valence-electron chi connectivity index (χ0n) is 15.4. The molecule has 0 atom stereocenters. The second-order valence-electron chi connectivity index (χ2n) is 6.63. The fourth-order valence-electron chi connectivity index (χ4n) is 3.23. The Kier molecular flexibility index (Phi) is 5.33. The predicted octanol–water partition coefficient (Wildman–Crippen LogP) is 3.68. The van der Waals surface area contributed by atoms with E-state index in [1.54, 1.807) is 48.5 Å². The molecular formula is C21H18ClN3O4. The van der Waals surface area contributed by atoms with Crippen molar-refractivity contribution in [3.63, 3.8) is 0 Å². The van der Waals surface area contributed by atoms with Crippen molar-refractivity contribution in [2.75, 3.05) is 36.5 Å². The lowest BCUT2D eigenvalue weighted by atomic mass is 10.1. The van der Waals surface area contributed by atoms with E-state index < -0.39 is 5.97 Å². The lowest BCUT2D eigenvalue weighted by molar-refractivity contribution is 0.0698. The third kappa shape index (κ3) is 4.16. The third-order valence-corrected chi connectivity index (χ3v) is 4.98. The highest BCUT2D eigenvalue weighted by Crippen LogP contribution is 2.27. The minimum atomic E-state index is -1.05. The summed E-state index contributed by atoms with van der Waals surface area (Å²) in [4.78, 5) is 30.9. The van der Waals surface area contributed by atoms with Crippen molar-refractivity contribution in [3.05, 3.63) is 64.7 Å². The van der Waals surface area contributed by atoms with Gasteiger partial charge in [-0.05, 0) is 48.5 Å². The minimum absolute atomic E-state index is 0.138. The SMILES string of the molecule is O=C(Nc1ccc2nc(N3CCOCC3)cc(C(=O)O)c2c1)c1ccc(Cl)cc1. The smallest absolute Gasteiger partial charge is 0.336 e. The number of fused-ring (bicyclic) bond motifs is 1. The number of hydrogen-bond donors (Lipinski definition) is 2. The number of aromatic nitrogens is 1. The summed E-state index contributed by atoms with van der Waals surface area (Å²) < 4.78 is 5.35. The summed E-state index contributed by atoms with van der Waals surface area (Å²) in [6.07, 6.45) is 0. The molecule has 0 bridgehead atoms. The Balaban J connectivity index is 1.67. The Bertz CT molecular complexity index is 1080. The number of morpholine rings is 1. The van der Waals surface area contributed by atoms with Crippen LogP contribution >= 0.6 is 11.6 Å². The summed E-state index contributed by atoms with van der Waals surface area (Å²) in [6, 6.07) is 13.1. The molecule has 1 aliphatic rings. The molecular weight excluding hydrogens is 394 g/mol. The van der Waals surface area contributed by atoms with E-state index in [0.717, 1.165) is 0 Å². The molecule has 0 spiro atoms. The van der Waals surface area contributed by atoms with Gasteiger partial charge in [0.15, 0.2) is 0 Å². The number of amides is 1. The fraction of sp³-hybridized carbons (Fsp3) is 0.190. The molecule has 0 saturated carbocycles. The number of aromatic carboxylic acids is 1. The number of benzene rings is 2. The molecule has 29 heavy (non-hydrogen) atoms. The van der Waals surface area contributed by atoms with Gasteiger partial charge in [0.25, 0.3) is 5.91 Å². The molecule has 4 rings (SSSR count). The Labute approximate surface area is 171 Å². The van der Waals surface area contributed by atoms with Crippen LogP contribution in [0.5, 0.6) is 0 Å². The maximum Gasteiger partial charge on any atom is 0.336 e. The highest BCUT2D eigenvalue weighted by atomic mass is 35.5. The number of hydrogen-bond acceptors (Lipinski definition) is 5. The molecule has 1 amide bonds. The summed E-state index contributed by atoms with van der Waals surface area (Å²) in [5.74, 6) is -0.750. The van der Waals surface area contributed by atoms with Crippen molar-refractivity contribution in [2.24, 2.45) is 0 Å². The van der Waals surface area contributed by atoms with Crippen molar-refractivity contribution in [2.45, 2.75) is 0 Å². The number of carbonyl (C=O) groups is 2. The van der Waals surface area contributed by atoms with Crippen molar-refractivity contribution in [3.8, 4) is 0 Å². The number of rotatable bonds is 4. The van der Waals surface area contributed by atoms with Crippen LogP contribution in [-0.4, -0.2) is 48.3 Å². The van der Waals surface area contributed by atoms with E-state index in [1.165, 1.54) is 0 Å². The minimum Gasteiger partial charge on any atom is -0.478 e. The first-order valence-electron chi connectivity index (χ1n) is 9.09. The van der Waals surface area contributed by atoms with Crippen LogP contribution < -0.4 is 10.2 Å². The predicted molar refractivity (Wildman–Crippen MR) is 111 cm³/mol. The van der Waals surface area contributed by atoms with E-state index in [4.69, 9.17) is 16.3 Å². The van der Waals surface area contributed by atoms with Gasteiger partial charge in [0.05, 0.1) is 24.3 Å². The van der Waals surface area contributed by atoms with Crippen molar-refractivity contribution in [1.82, 2.24) is 4.98 Å². The van der Waals surface area contributed by atoms with Gasteiger partial charge in [-0.25, -0.2) is 9.78 Å². The highest BCUT2D eigenvalue weighted by Gasteiger charge is 2.18. The molecule has 2 N–H and O–H groups in total. The molecule has 148 valence electrons. The van der Waals surface area contributed by atoms with E-state index >= 15 is 0 Å². The van der Waals surface area contributed by atoms with E-state index in [9.17, 15) is 14.7 Å². The van der Waals surface area contributed by atoms with Gasteiger partial charge in [-0.15, -0.1) is 0 Å². The Hall–Kier alpha value is -3.16. The van der Waals surface area contributed by atoms with E-state index in [0.29, 0.717) is 59.3 Å². The second kappa shape index (κ2) is 8.06. The van der Waals surface area contributed by atoms with E-state index in [2.05, 4.69) is 10.3 Å². The van der Waals surface area contributed by atoms with Gasteiger partial charge in [-0.3, -0.25) is 4.79 Å². The second-order valence-corrected chi connectivity index (χ2v) is 7.06.